The average molecular weight is 431 g/mol. The maximum atomic E-state index is 13.1. The first-order valence-electron chi connectivity index (χ1n) is 9.42. The molecule has 0 saturated carbocycles. The number of rotatable bonds is 3. The monoisotopic (exact) mass is 431 g/mol. The number of hydrogen-bond donors (Lipinski definition) is 4. The molecule has 0 bridgehead atoms. The van der Waals surface area contributed by atoms with Gasteiger partial charge in [-0.25, -0.2) is 9.38 Å². The van der Waals surface area contributed by atoms with Crippen LogP contribution in [0.4, 0.5) is 10.1 Å². The molecule has 6 nitrogen and oxygen atoms in total. The normalized spacial score (nSPS) is 15.2. The van der Waals surface area contributed by atoms with Crippen molar-refractivity contribution in [1.82, 2.24) is 5.32 Å². The first-order valence-corrected chi connectivity index (χ1v) is 10.2. The fourth-order valence-electron chi connectivity index (χ4n) is 3.10. The van der Waals surface area contributed by atoms with Crippen LogP contribution in [0.15, 0.2) is 83.9 Å². The Morgan fingerprint density at radius 1 is 0.968 bits per heavy atom. The van der Waals surface area contributed by atoms with Gasteiger partial charge < -0.3 is 10.6 Å². The molecule has 1 aliphatic rings. The number of benzene rings is 3. The van der Waals surface area contributed by atoms with E-state index in [0.29, 0.717) is 17.0 Å². The highest BCUT2D eigenvalue weighted by Crippen LogP contribution is 2.24. The maximum absolute atomic E-state index is 13.1. The number of carbonyl (C=O) groups excluding carboxylic acids is 1. The van der Waals surface area contributed by atoms with Gasteiger partial charge in [0.2, 0.25) is 6.17 Å². The molecule has 4 rings (SSSR count). The summed E-state index contributed by atoms with van der Waals surface area (Å²) in [6.07, 6.45) is -1.05. The van der Waals surface area contributed by atoms with Gasteiger partial charge in [0.25, 0.3) is 5.91 Å². The lowest BCUT2D eigenvalue weighted by Gasteiger charge is -2.15. The Labute approximate surface area is 182 Å². The zero-order valence-corrected chi connectivity index (χ0v) is 17.0. The van der Waals surface area contributed by atoms with Crippen molar-refractivity contribution in [2.75, 3.05) is 5.32 Å². The van der Waals surface area contributed by atoms with Gasteiger partial charge in [-0.3, -0.25) is 15.6 Å². The number of nitrogens with zero attached hydrogens (tertiary/aromatic N) is 1. The van der Waals surface area contributed by atoms with Gasteiger partial charge >= 0.3 is 0 Å². The van der Waals surface area contributed by atoms with E-state index >= 15 is 0 Å². The van der Waals surface area contributed by atoms with Gasteiger partial charge in [0.1, 0.15) is 10.9 Å². The minimum atomic E-state index is -1.05. The molecule has 0 aliphatic carbocycles. The standard InChI is InChI=1S/C23H18FN5OS/c24-16-12-10-15(11-13-16)20(25)31-23(26)29-21-22(30)27-18-9-5-4-8-17(18)19(28-21)14-6-2-1-3-7-14/h1-13,21,25H,(H2,26,29)(H,27,30). The first-order chi connectivity index (χ1) is 15.0. The average Bonchev–Trinajstić information content (AvgIpc) is 2.91. The third-order valence-electron chi connectivity index (χ3n) is 4.57. The summed E-state index contributed by atoms with van der Waals surface area (Å²) in [5, 5.41) is 22.0. The van der Waals surface area contributed by atoms with E-state index in [9.17, 15) is 9.18 Å². The zero-order chi connectivity index (χ0) is 21.8. The Morgan fingerprint density at radius 3 is 2.39 bits per heavy atom. The molecule has 1 amide bonds. The summed E-state index contributed by atoms with van der Waals surface area (Å²) in [6, 6.07) is 22.4. The lowest BCUT2D eigenvalue weighted by atomic mass is 10.0. The van der Waals surface area contributed by atoms with Crippen LogP contribution in [0.5, 0.6) is 0 Å². The van der Waals surface area contributed by atoms with Crippen molar-refractivity contribution in [2.24, 2.45) is 4.99 Å². The molecule has 3 aromatic rings. The first kappa shape index (κ1) is 20.5. The number of aliphatic imine (C=N–C) groups is 1. The number of benzodiazepines with no additional fused rings is 1. The summed E-state index contributed by atoms with van der Waals surface area (Å²) in [5.74, 6) is -0.802. The van der Waals surface area contributed by atoms with Crippen molar-refractivity contribution in [1.29, 1.82) is 10.8 Å². The second-order valence-corrected chi connectivity index (χ2v) is 7.71. The Balaban J connectivity index is 1.59. The number of carbonyl (C=O) groups is 1. The summed E-state index contributed by atoms with van der Waals surface area (Å²) in [4.78, 5) is 17.4. The van der Waals surface area contributed by atoms with E-state index in [1.807, 2.05) is 48.5 Å². The number of amides is 1. The quantitative estimate of drug-likeness (QED) is 0.369. The van der Waals surface area contributed by atoms with Crippen LogP contribution < -0.4 is 10.6 Å². The number of anilines is 1. The van der Waals surface area contributed by atoms with Gasteiger partial charge in [-0.05, 0) is 42.1 Å². The molecule has 0 radical (unpaired) electrons. The molecular formula is C23H18FN5OS. The largest absolute Gasteiger partial charge is 0.335 e. The number of thioether (sulfide) groups is 1. The van der Waals surface area contributed by atoms with E-state index in [4.69, 9.17) is 10.8 Å². The predicted octanol–water partition coefficient (Wildman–Crippen LogP) is 4.22. The Morgan fingerprint density at radius 2 is 1.65 bits per heavy atom. The summed E-state index contributed by atoms with van der Waals surface area (Å²) < 4.78 is 13.1. The Bertz CT molecular complexity index is 1180. The van der Waals surface area contributed by atoms with Crippen molar-refractivity contribution < 1.29 is 9.18 Å². The highest BCUT2D eigenvalue weighted by molar-refractivity contribution is 8.26. The van der Waals surface area contributed by atoms with E-state index < -0.39 is 17.9 Å². The molecular weight excluding hydrogens is 413 g/mol. The maximum Gasteiger partial charge on any atom is 0.269 e. The van der Waals surface area contributed by atoms with Crippen LogP contribution in [0.25, 0.3) is 0 Å². The number of fused-ring (bicyclic) bond motifs is 1. The van der Waals surface area contributed by atoms with Crippen molar-refractivity contribution in [2.45, 2.75) is 6.17 Å². The highest BCUT2D eigenvalue weighted by Gasteiger charge is 2.26. The topological polar surface area (TPSA) is 101 Å². The van der Waals surface area contributed by atoms with E-state index in [0.717, 1.165) is 22.9 Å². The summed E-state index contributed by atoms with van der Waals surface area (Å²) in [6.45, 7) is 0. The molecule has 1 aliphatic heterocycles. The zero-order valence-electron chi connectivity index (χ0n) is 16.2. The molecule has 3 aromatic carbocycles. The molecule has 0 spiro atoms. The molecule has 0 saturated heterocycles. The van der Waals surface area contributed by atoms with Gasteiger partial charge in [-0.1, -0.05) is 48.5 Å². The van der Waals surface area contributed by atoms with Gasteiger partial charge in [-0.15, -0.1) is 0 Å². The number of nitrogens with one attached hydrogen (secondary N) is 4. The second-order valence-electron chi connectivity index (χ2n) is 6.69. The molecule has 0 aromatic heterocycles. The van der Waals surface area contributed by atoms with Gasteiger partial charge in [0.15, 0.2) is 5.17 Å². The molecule has 0 fully saturated rings. The van der Waals surface area contributed by atoms with Crippen molar-refractivity contribution in [3.8, 4) is 0 Å². The number of hydrogen-bond acceptors (Lipinski definition) is 5. The van der Waals surface area contributed by atoms with Crippen LogP contribution >= 0.6 is 11.8 Å². The second kappa shape index (κ2) is 8.93. The van der Waals surface area contributed by atoms with Crippen LogP contribution in [0, 0.1) is 16.6 Å². The van der Waals surface area contributed by atoms with Gasteiger partial charge in [-0.2, -0.15) is 0 Å². The fourth-order valence-corrected chi connectivity index (χ4v) is 3.73. The Kier molecular flexibility index (Phi) is 5.90. The third kappa shape index (κ3) is 4.70. The van der Waals surface area contributed by atoms with Gasteiger partial charge in [0, 0.05) is 16.7 Å². The molecule has 1 heterocycles. The molecule has 4 N–H and O–H groups in total. The predicted molar refractivity (Wildman–Crippen MR) is 123 cm³/mol. The van der Waals surface area contributed by atoms with Crippen molar-refractivity contribution in [3.05, 3.63) is 101 Å². The summed E-state index contributed by atoms with van der Waals surface area (Å²) in [7, 11) is 0. The van der Waals surface area contributed by atoms with E-state index in [2.05, 4.69) is 15.6 Å². The minimum Gasteiger partial charge on any atom is -0.335 e. The smallest absolute Gasteiger partial charge is 0.269 e. The van der Waals surface area contributed by atoms with Crippen LogP contribution in [0.2, 0.25) is 0 Å². The van der Waals surface area contributed by atoms with Crippen molar-refractivity contribution in [3.63, 3.8) is 0 Å². The number of amidine groups is 1. The highest BCUT2D eigenvalue weighted by atomic mass is 32.2. The van der Waals surface area contributed by atoms with Gasteiger partial charge in [0.05, 0.1) is 11.4 Å². The van der Waals surface area contributed by atoms with E-state index in [-0.39, 0.29) is 10.2 Å². The van der Waals surface area contributed by atoms with Crippen LogP contribution in [0.1, 0.15) is 16.7 Å². The molecule has 8 heteroatoms. The lowest BCUT2D eigenvalue weighted by molar-refractivity contribution is -0.117. The number of halogens is 1. The summed E-state index contributed by atoms with van der Waals surface area (Å²) in [5.41, 5.74) is 3.36. The van der Waals surface area contributed by atoms with E-state index in [1.165, 1.54) is 24.3 Å². The fraction of sp³-hybridized carbons (Fsp3) is 0.0435. The summed E-state index contributed by atoms with van der Waals surface area (Å²) >= 11 is 0.826. The Hall–Kier alpha value is -3.78. The lowest BCUT2D eigenvalue weighted by Crippen LogP contribution is -2.41. The molecule has 1 unspecified atom stereocenters. The van der Waals surface area contributed by atoms with Crippen LogP contribution in [0.3, 0.4) is 0 Å². The third-order valence-corrected chi connectivity index (χ3v) is 5.33. The minimum absolute atomic E-state index is 0.0575. The van der Waals surface area contributed by atoms with Crippen LogP contribution in [-0.2, 0) is 4.79 Å². The SMILES string of the molecule is N=C(NC1N=C(c2ccccc2)c2ccccc2NC1=O)SC(=N)c1ccc(F)cc1. The molecule has 1 atom stereocenters. The van der Waals surface area contributed by atoms with E-state index in [1.54, 1.807) is 6.07 Å². The number of para-hydroxylation sites is 1. The van der Waals surface area contributed by atoms with Crippen LogP contribution in [-0.4, -0.2) is 28.0 Å². The molecule has 31 heavy (non-hydrogen) atoms. The molecule has 154 valence electrons. The van der Waals surface area contributed by atoms with Crippen molar-refractivity contribution >= 4 is 39.3 Å².